The number of aromatic nitrogens is 2. The zero-order valence-corrected chi connectivity index (χ0v) is 15.8. The van der Waals surface area contributed by atoms with Crippen molar-refractivity contribution in [3.63, 3.8) is 0 Å². The van der Waals surface area contributed by atoms with Crippen LogP contribution in [0.1, 0.15) is 28.7 Å². The lowest BCUT2D eigenvalue weighted by Crippen LogP contribution is -2.41. The molecule has 3 aromatic rings. The van der Waals surface area contributed by atoms with Crippen LogP contribution in [0.4, 0.5) is 0 Å². The predicted octanol–water partition coefficient (Wildman–Crippen LogP) is 4.34. The molecule has 1 saturated heterocycles. The number of nitrogens with zero attached hydrogens (tertiary/aromatic N) is 3. The van der Waals surface area contributed by atoms with E-state index in [0.717, 1.165) is 31.3 Å². The van der Waals surface area contributed by atoms with Crippen LogP contribution in [-0.4, -0.2) is 41.2 Å². The van der Waals surface area contributed by atoms with E-state index in [4.69, 9.17) is 16.3 Å². The molecule has 0 aliphatic carbocycles. The lowest BCUT2D eigenvalue weighted by atomic mass is 9.82. The van der Waals surface area contributed by atoms with Crippen LogP contribution in [0.15, 0.2) is 73.3 Å². The summed E-state index contributed by atoms with van der Waals surface area (Å²) in [6, 6.07) is 16.6. The van der Waals surface area contributed by atoms with Crippen molar-refractivity contribution in [2.24, 2.45) is 0 Å². The Labute approximate surface area is 164 Å². The minimum atomic E-state index is 0.101. The van der Waals surface area contributed by atoms with Gasteiger partial charge in [-0.1, -0.05) is 35.9 Å². The minimum Gasteiger partial charge on any atom is -0.379 e. The Morgan fingerprint density at radius 3 is 2.04 bits per heavy atom. The van der Waals surface area contributed by atoms with Gasteiger partial charge in [-0.2, -0.15) is 0 Å². The number of hydrogen-bond donors (Lipinski definition) is 0. The maximum absolute atomic E-state index is 6.36. The summed E-state index contributed by atoms with van der Waals surface area (Å²) in [6.45, 7) is 3.25. The van der Waals surface area contributed by atoms with Gasteiger partial charge in [-0.25, -0.2) is 0 Å². The van der Waals surface area contributed by atoms with Crippen LogP contribution in [0, 0.1) is 0 Å². The molecular formula is C22H22ClN3O. The molecule has 1 aliphatic heterocycles. The van der Waals surface area contributed by atoms with Gasteiger partial charge in [-0.3, -0.25) is 14.9 Å². The molecule has 0 amide bonds. The van der Waals surface area contributed by atoms with Crippen LogP contribution in [-0.2, 0) is 4.74 Å². The zero-order valence-electron chi connectivity index (χ0n) is 15.0. The average molecular weight is 380 g/mol. The summed E-state index contributed by atoms with van der Waals surface area (Å²) in [5.41, 5.74) is 3.53. The molecule has 0 saturated carbocycles. The van der Waals surface area contributed by atoms with Gasteiger partial charge in [-0.15, -0.1) is 0 Å². The van der Waals surface area contributed by atoms with Crippen molar-refractivity contribution in [2.75, 3.05) is 26.3 Å². The topological polar surface area (TPSA) is 38.2 Å². The molecular weight excluding hydrogens is 358 g/mol. The van der Waals surface area contributed by atoms with Crippen molar-refractivity contribution >= 4 is 11.6 Å². The van der Waals surface area contributed by atoms with E-state index in [9.17, 15) is 0 Å². The molecule has 5 heteroatoms. The highest BCUT2D eigenvalue weighted by Gasteiger charge is 2.33. The Morgan fingerprint density at radius 1 is 0.852 bits per heavy atom. The molecule has 3 heterocycles. The number of morpholine rings is 1. The zero-order chi connectivity index (χ0) is 18.5. The SMILES string of the molecule is Clc1cccc(C(C(c2cccnc2)c2cccnc2)N2CCOCC2)c1. The molecule has 0 bridgehead atoms. The maximum Gasteiger partial charge on any atom is 0.0594 e. The first-order chi connectivity index (χ1) is 13.3. The van der Waals surface area contributed by atoms with E-state index in [2.05, 4.69) is 39.1 Å². The average Bonchev–Trinajstić information content (AvgIpc) is 2.74. The maximum atomic E-state index is 6.36. The molecule has 138 valence electrons. The van der Waals surface area contributed by atoms with E-state index in [1.807, 2.05) is 49.1 Å². The van der Waals surface area contributed by atoms with Gasteiger partial charge >= 0.3 is 0 Å². The molecule has 0 radical (unpaired) electrons. The third-order valence-electron chi connectivity index (χ3n) is 5.03. The summed E-state index contributed by atoms with van der Waals surface area (Å²) in [5, 5.41) is 0.752. The van der Waals surface area contributed by atoms with Gasteiger partial charge in [0, 0.05) is 54.9 Å². The van der Waals surface area contributed by atoms with Crippen LogP contribution in [0.3, 0.4) is 0 Å². The molecule has 1 aliphatic rings. The van der Waals surface area contributed by atoms with Crippen molar-refractivity contribution in [1.29, 1.82) is 0 Å². The quantitative estimate of drug-likeness (QED) is 0.661. The first-order valence-corrected chi connectivity index (χ1v) is 9.58. The highest BCUT2D eigenvalue weighted by Crippen LogP contribution is 2.41. The minimum absolute atomic E-state index is 0.101. The Balaban J connectivity index is 1.85. The Morgan fingerprint density at radius 2 is 1.48 bits per heavy atom. The molecule has 1 aromatic carbocycles. The second-order valence-corrected chi connectivity index (χ2v) is 7.14. The second kappa shape index (κ2) is 8.61. The number of rotatable bonds is 5. The number of pyridine rings is 2. The number of hydrogen-bond acceptors (Lipinski definition) is 4. The van der Waals surface area contributed by atoms with Crippen molar-refractivity contribution < 1.29 is 4.74 Å². The molecule has 0 spiro atoms. The van der Waals surface area contributed by atoms with Gasteiger partial charge in [0.1, 0.15) is 0 Å². The molecule has 0 N–H and O–H groups in total. The molecule has 1 unspecified atom stereocenters. The fourth-order valence-electron chi connectivity index (χ4n) is 3.84. The van der Waals surface area contributed by atoms with Crippen molar-refractivity contribution in [2.45, 2.75) is 12.0 Å². The summed E-state index contributed by atoms with van der Waals surface area (Å²) in [4.78, 5) is 11.2. The summed E-state index contributed by atoms with van der Waals surface area (Å²) in [5.74, 6) is 0.101. The number of ether oxygens (including phenoxy) is 1. The molecule has 27 heavy (non-hydrogen) atoms. The lowest BCUT2D eigenvalue weighted by Gasteiger charge is -2.39. The highest BCUT2D eigenvalue weighted by molar-refractivity contribution is 6.30. The first-order valence-electron chi connectivity index (χ1n) is 9.20. The second-order valence-electron chi connectivity index (χ2n) is 6.70. The summed E-state index contributed by atoms with van der Waals surface area (Å²) in [6.07, 6.45) is 7.53. The lowest BCUT2D eigenvalue weighted by molar-refractivity contribution is 0.0124. The fourth-order valence-corrected chi connectivity index (χ4v) is 4.04. The van der Waals surface area contributed by atoms with E-state index in [0.29, 0.717) is 0 Å². The van der Waals surface area contributed by atoms with Crippen molar-refractivity contribution in [3.05, 3.63) is 95.0 Å². The Bertz CT molecular complexity index is 814. The molecule has 2 aromatic heterocycles. The van der Waals surface area contributed by atoms with E-state index >= 15 is 0 Å². The molecule has 4 nitrogen and oxygen atoms in total. The van der Waals surface area contributed by atoms with Gasteiger partial charge in [0.2, 0.25) is 0 Å². The van der Waals surface area contributed by atoms with Crippen LogP contribution < -0.4 is 0 Å². The van der Waals surface area contributed by atoms with Crippen LogP contribution in [0.2, 0.25) is 5.02 Å². The third-order valence-corrected chi connectivity index (χ3v) is 5.27. The first kappa shape index (κ1) is 18.1. The molecule has 1 fully saturated rings. The Hall–Kier alpha value is -2.27. The molecule has 1 atom stereocenters. The Kier molecular flexibility index (Phi) is 5.78. The number of benzene rings is 1. The van der Waals surface area contributed by atoms with Gasteiger partial charge in [0.25, 0.3) is 0 Å². The molecule has 4 rings (SSSR count). The van der Waals surface area contributed by atoms with E-state index < -0.39 is 0 Å². The van der Waals surface area contributed by atoms with Crippen LogP contribution in [0.25, 0.3) is 0 Å². The van der Waals surface area contributed by atoms with Gasteiger partial charge in [0.05, 0.1) is 13.2 Å². The summed E-state index contributed by atoms with van der Waals surface area (Å²) < 4.78 is 5.61. The third kappa shape index (κ3) is 4.19. The normalized spacial score (nSPS) is 16.4. The standard InChI is InChI=1S/C22H22ClN3O/c23-20-7-1-4-17(14-20)22(26-10-12-27-13-11-26)21(18-5-2-8-24-15-18)19-6-3-9-25-16-19/h1-9,14-16,21-22H,10-13H2. The summed E-state index contributed by atoms with van der Waals surface area (Å²) in [7, 11) is 0. The van der Waals surface area contributed by atoms with Crippen LogP contribution >= 0.6 is 11.6 Å². The van der Waals surface area contributed by atoms with E-state index in [1.54, 1.807) is 0 Å². The number of halogens is 1. The fraction of sp³-hybridized carbons (Fsp3) is 0.273. The smallest absolute Gasteiger partial charge is 0.0594 e. The largest absolute Gasteiger partial charge is 0.379 e. The predicted molar refractivity (Wildman–Crippen MR) is 107 cm³/mol. The highest BCUT2D eigenvalue weighted by atomic mass is 35.5. The van der Waals surface area contributed by atoms with E-state index in [1.165, 1.54) is 16.7 Å². The van der Waals surface area contributed by atoms with Crippen molar-refractivity contribution in [3.8, 4) is 0 Å². The summed E-state index contributed by atoms with van der Waals surface area (Å²) >= 11 is 6.36. The van der Waals surface area contributed by atoms with Crippen molar-refractivity contribution in [1.82, 2.24) is 14.9 Å². The van der Waals surface area contributed by atoms with Crippen LogP contribution in [0.5, 0.6) is 0 Å². The monoisotopic (exact) mass is 379 g/mol. The van der Waals surface area contributed by atoms with Gasteiger partial charge in [0.15, 0.2) is 0 Å². The van der Waals surface area contributed by atoms with Gasteiger partial charge in [-0.05, 0) is 41.0 Å². The van der Waals surface area contributed by atoms with Gasteiger partial charge < -0.3 is 4.74 Å². The van der Waals surface area contributed by atoms with E-state index in [-0.39, 0.29) is 12.0 Å².